The Labute approximate surface area is 117 Å². The third-order valence-electron chi connectivity index (χ3n) is 3.89. The Kier molecular flexibility index (Phi) is 4.13. The predicted molar refractivity (Wildman–Crippen MR) is 79.2 cm³/mol. The van der Waals surface area contributed by atoms with Gasteiger partial charge in [-0.15, -0.1) is 0 Å². The second-order valence-corrected chi connectivity index (χ2v) is 6.91. The van der Waals surface area contributed by atoms with E-state index in [1.807, 2.05) is 0 Å². The third-order valence-corrected chi connectivity index (χ3v) is 5.17. The van der Waals surface area contributed by atoms with Crippen LogP contribution < -0.4 is 10.2 Å². The molecule has 0 saturated carbocycles. The van der Waals surface area contributed by atoms with Crippen LogP contribution in [0.4, 0.5) is 5.82 Å². The van der Waals surface area contributed by atoms with Gasteiger partial charge in [0, 0.05) is 54.1 Å². The van der Waals surface area contributed by atoms with Crippen molar-refractivity contribution in [3.05, 3.63) is 23.4 Å². The Hall–Kier alpha value is -0.940. The highest BCUT2D eigenvalue weighted by Crippen LogP contribution is 2.19. The zero-order valence-corrected chi connectivity index (χ0v) is 12.0. The second kappa shape index (κ2) is 6.01. The maximum atomic E-state index is 11.4. The molecule has 5 heteroatoms. The Morgan fingerprint density at radius 1 is 1.16 bits per heavy atom. The summed E-state index contributed by atoms with van der Waals surface area (Å²) in [6.07, 6.45) is 3.33. The van der Waals surface area contributed by atoms with Crippen LogP contribution in [0.25, 0.3) is 0 Å². The van der Waals surface area contributed by atoms with Crippen LogP contribution in [0, 0.1) is 0 Å². The minimum Gasteiger partial charge on any atom is -0.355 e. The smallest absolute Gasteiger partial charge is 0.128 e. The fourth-order valence-electron chi connectivity index (χ4n) is 2.74. The molecule has 1 aromatic rings. The fraction of sp³-hybridized carbons (Fsp3) is 0.643. The van der Waals surface area contributed by atoms with E-state index in [-0.39, 0.29) is 0 Å². The van der Waals surface area contributed by atoms with Crippen molar-refractivity contribution in [2.75, 3.05) is 42.6 Å². The van der Waals surface area contributed by atoms with Crippen molar-refractivity contribution in [3.63, 3.8) is 0 Å². The van der Waals surface area contributed by atoms with Gasteiger partial charge >= 0.3 is 0 Å². The van der Waals surface area contributed by atoms with Gasteiger partial charge < -0.3 is 10.2 Å². The molecule has 19 heavy (non-hydrogen) atoms. The first kappa shape index (κ1) is 13.1. The van der Waals surface area contributed by atoms with Gasteiger partial charge in [-0.25, -0.2) is 4.98 Å². The van der Waals surface area contributed by atoms with E-state index in [2.05, 4.69) is 22.3 Å². The summed E-state index contributed by atoms with van der Waals surface area (Å²) in [5, 5.41) is 3.44. The molecule has 3 rings (SSSR count). The molecule has 1 saturated heterocycles. The van der Waals surface area contributed by atoms with E-state index in [9.17, 15) is 4.21 Å². The largest absolute Gasteiger partial charge is 0.355 e. The van der Waals surface area contributed by atoms with E-state index in [4.69, 9.17) is 4.98 Å². The average Bonchev–Trinajstić information content (AvgIpc) is 2.40. The minimum atomic E-state index is -0.621. The first-order chi connectivity index (χ1) is 9.33. The van der Waals surface area contributed by atoms with Gasteiger partial charge in [0.25, 0.3) is 0 Å². The number of hydrogen-bond acceptors (Lipinski definition) is 4. The van der Waals surface area contributed by atoms with Crippen LogP contribution in [0.2, 0.25) is 0 Å². The van der Waals surface area contributed by atoms with Crippen molar-refractivity contribution in [3.8, 4) is 0 Å². The van der Waals surface area contributed by atoms with Gasteiger partial charge in [0.05, 0.1) is 0 Å². The quantitative estimate of drug-likeness (QED) is 0.823. The molecule has 0 amide bonds. The summed E-state index contributed by atoms with van der Waals surface area (Å²) >= 11 is 0. The van der Waals surface area contributed by atoms with Crippen molar-refractivity contribution in [1.82, 2.24) is 10.3 Å². The summed E-state index contributed by atoms with van der Waals surface area (Å²) in [6.45, 7) is 3.87. The molecule has 0 bridgehead atoms. The lowest BCUT2D eigenvalue weighted by Crippen LogP contribution is -2.38. The van der Waals surface area contributed by atoms with Gasteiger partial charge in [-0.3, -0.25) is 4.21 Å². The third kappa shape index (κ3) is 3.15. The average molecular weight is 279 g/mol. The predicted octanol–water partition coefficient (Wildman–Crippen LogP) is 0.729. The first-order valence-corrected chi connectivity index (χ1v) is 8.61. The Morgan fingerprint density at radius 3 is 2.84 bits per heavy atom. The summed E-state index contributed by atoms with van der Waals surface area (Å²) in [5.74, 6) is 2.62. The van der Waals surface area contributed by atoms with Gasteiger partial charge in [0.2, 0.25) is 0 Å². The molecular formula is C14H21N3OS. The number of aromatic nitrogens is 1. The second-order valence-electron chi connectivity index (χ2n) is 5.21. The number of nitrogens with one attached hydrogen (secondary N) is 1. The molecule has 0 unspecified atom stereocenters. The van der Waals surface area contributed by atoms with Crippen molar-refractivity contribution in [2.45, 2.75) is 19.3 Å². The topological polar surface area (TPSA) is 45.2 Å². The highest BCUT2D eigenvalue weighted by Gasteiger charge is 2.18. The van der Waals surface area contributed by atoms with E-state index in [0.717, 1.165) is 56.3 Å². The fourth-order valence-corrected chi connectivity index (χ4v) is 3.79. The summed E-state index contributed by atoms with van der Waals surface area (Å²) in [7, 11) is -0.621. The van der Waals surface area contributed by atoms with Crippen LogP contribution in [0.3, 0.4) is 0 Å². The molecule has 0 radical (unpaired) electrons. The SMILES string of the molecule is O=S1CCN(c2ccc3c(n2)CCNCCC3)CC1. The first-order valence-electron chi connectivity index (χ1n) is 7.12. The molecule has 3 heterocycles. The summed E-state index contributed by atoms with van der Waals surface area (Å²) in [6, 6.07) is 4.39. The van der Waals surface area contributed by atoms with E-state index in [0.29, 0.717) is 0 Å². The maximum Gasteiger partial charge on any atom is 0.128 e. The standard InChI is InChI=1S/C14H21N3OS/c18-19-10-8-17(9-11-19)14-4-3-12-2-1-6-15-7-5-13(12)16-14/h3-4,15H,1-2,5-11H2. The highest BCUT2D eigenvalue weighted by atomic mass is 32.2. The molecule has 0 atom stereocenters. The van der Waals surface area contributed by atoms with Gasteiger partial charge in [-0.1, -0.05) is 6.07 Å². The number of pyridine rings is 1. The van der Waals surface area contributed by atoms with E-state index >= 15 is 0 Å². The number of aryl methyl sites for hydroxylation is 1. The van der Waals surface area contributed by atoms with Crippen molar-refractivity contribution >= 4 is 16.6 Å². The molecule has 104 valence electrons. The lowest BCUT2D eigenvalue weighted by atomic mass is 10.0. The number of fused-ring (bicyclic) bond motifs is 1. The zero-order chi connectivity index (χ0) is 13.1. The molecule has 2 aliphatic rings. The van der Waals surface area contributed by atoms with Crippen molar-refractivity contribution in [1.29, 1.82) is 0 Å². The molecule has 1 N–H and O–H groups in total. The summed E-state index contributed by atoms with van der Waals surface area (Å²) < 4.78 is 11.4. The van der Waals surface area contributed by atoms with Crippen LogP contribution >= 0.6 is 0 Å². The molecule has 4 nitrogen and oxygen atoms in total. The molecule has 0 aliphatic carbocycles. The molecule has 2 aliphatic heterocycles. The summed E-state index contributed by atoms with van der Waals surface area (Å²) in [5.41, 5.74) is 2.65. The van der Waals surface area contributed by atoms with Crippen LogP contribution in [0.1, 0.15) is 17.7 Å². The van der Waals surface area contributed by atoms with Gasteiger partial charge in [-0.05, 0) is 31.0 Å². The van der Waals surface area contributed by atoms with Crippen molar-refractivity contribution < 1.29 is 4.21 Å². The lowest BCUT2D eigenvalue weighted by molar-refractivity contribution is 0.617. The van der Waals surface area contributed by atoms with Gasteiger partial charge in [0.1, 0.15) is 5.82 Å². The number of nitrogens with zero attached hydrogens (tertiary/aromatic N) is 2. The van der Waals surface area contributed by atoms with Crippen LogP contribution in [0.15, 0.2) is 12.1 Å². The minimum absolute atomic E-state index is 0.621. The van der Waals surface area contributed by atoms with Crippen LogP contribution in [-0.2, 0) is 23.6 Å². The van der Waals surface area contributed by atoms with E-state index in [1.54, 1.807) is 0 Å². The zero-order valence-electron chi connectivity index (χ0n) is 11.2. The normalized spacial score (nSPS) is 21.6. The molecule has 1 aromatic heterocycles. The Bertz CT molecular complexity index is 468. The number of anilines is 1. The lowest BCUT2D eigenvalue weighted by Gasteiger charge is -2.28. The van der Waals surface area contributed by atoms with Crippen molar-refractivity contribution in [2.24, 2.45) is 0 Å². The number of rotatable bonds is 1. The molecular weight excluding hydrogens is 258 g/mol. The van der Waals surface area contributed by atoms with Gasteiger partial charge in [0.15, 0.2) is 0 Å². The van der Waals surface area contributed by atoms with E-state index < -0.39 is 10.8 Å². The Balaban J connectivity index is 1.79. The maximum absolute atomic E-state index is 11.4. The molecule has 1 fully saturated rings. The highest BCUT2D eigenvalue weighted by molar-refractivity contribution is 7.85. The Morgan fingerprint density at radius 2 is 2.00 bits per heavy atom. The summed E-state index contributed by atoms with van der Waals surface area (Å²) in [4.78, 5) is 7.12. The monoisotopic (exact) mass is 279 g/mol. The van der Waals surface area contributed by atoms with Crippen LogP contribution in [0.5, 0.6) is 0 Å². The molecule has 0 spiro atoms. The van der Waals surface area contributed by atoms with E-state index in [1.165, 1.54) is 17.7 Å². The molecule has 0 aromatic carbocycles. The van der Waals surface area contributed by atoms with Gasteiger partial charge in [-0.2, -0.15) is 0 Å². The number of hydrogen-bond donors (Lipinski definition) is 1. The van der Waals surface area contributed by atoms with Crippen LogP contribution in [-0.4, -0.2) is 46.9 Å².